The number of aromatic hydroxyl groups is 1. The highest BCUT2D eigenvalue weighted by molar-refractivity contribution is 7.22. The molecule has 4 aromatic rings. The van der Waals surface area contributed by atoms with Crippen molar-refractivity contribution in [1.82, 2.24) is 29.6 Å². The molecule has 1 N–H and O–H groups in total. The molecule has 0 unspecified atom stereocenters. The SMILES string of the molecule is CN1CCC(N(C)c2nc3nnc(-c4ccc(-n5ccnc5)cc4O)cc3s2)CC1. The van der Waals surface area contributed by atoms with E-state index < -0.39 is 0 Å². The maximum Gasteiger partial charge on any atom is 0.194 e. The van der Waals surface area contributed by atoms with Gasteiger partial charge < -0.3 is 19.5 Å². The number of aromatic nitrogens is 5. The molecule has 0 saturated carbocycles. The van der Waals surface area contributed by atoms with E-state index in [1.807, 2.05) is 29.0 Å². The number of piperidine rings is 1. The van der Waals surface area contributed by atoms with Crippen LogP contribution in [0, 0.1) is 0 Å². The molecule has 0 amide bonds. The van der Waals surface area contributed by atoms with Gasteiger partial charge in [0.1, 0.15) is 5.75 Å². The largest absolute Gasteiger partial charge is 0.507 e. The van der Waals surface area contributed by atoms with E-state index in [2.05, 4.69) is 39.1 Å². The summed E-state index contributed by atoms with van der Waals surface area (Å²) in [5.74, 6) is 0.156. The van der Waals surface area contributed by atoms with Gasteiger partial charge in [-0.25, -0.2) is 4.98 Å². The molecule has 4 heterocycles. The van der Waals surface area contributed by atoms with Gasteiger partial charge in [-0.15, -0.1) is 10.2 Å². The number of imidazole rings is 1. The van der Waals surface area contributed by atoms with Crippen LogP contribution in [0.1, 0.15) is 12.8 Å². The minimum Gasteiger partial charge on any atom is -0.507 e. The fourth-order valence-corrected chi connectivity index (χ4v) is 4.83. The average Bonchev–Trinajstić information content (AvgIpc) is 3.43. The molecule has 0 bridgehead atoms. The first-order valence-corrected chi connectivity index (χ1v) is 10.8. The molecule has 1 aliphatic rings. The number of benzene rings is 1. The molecule has 1 saturated heterocycles. The number of fused-ring (bicyclic) bond motifs is 1. The van der Waals surface area contributed by atoms with E-state index in [0.29, 0.717) is 22.9 Å². The van der Waals surface area contributed by atoms with Crippen LogP contribution in [0.15, 0.2) is 43.0 Å². The Morgan fingerprint density at radius 2 is 2.00 bits per heavy atom. The van der Waals surface area contributed by atoms with E-state index in [-0.39, 0.29) is 5.75 Å². The molecule has 0 aliphatic carbocycles. The zero-order chi connectivity index (χ0) is 20.7. The molecule has 0 spiro atoms. The number of hydrogen-bond acceptors (Lipinski definition) is 8. The number of phenols is 1. The Bertz CT molecular complexity index is 1170. The third-order valence-electron chi connectivity index (χ3n) is 5.74. The normalized spacial score (nSPS) is 15.7. The second kappa shape index (κ2) is 7.66. The first-order valence-electron chi connectivity index (χ1n) is 9.96. The van der Waals surface area contributed by atoms with Gasteiger partial charge in [0.2, 0.25) is 0 Å². The highest BCUT2D eigenvalue weighted by atomic mass is 32.1. The van der Waals surface area contributed by atoms with Crippen molar-refractivity contribution < 1.29 is 5.11 Å². The van der Waals surface area contributed by atoms with Gasteiger partial charge in [0.05, 0.1) is 22.4 Å². The fourth-order valence-electron chi connectivity index (χ4n) is 3.86. The number of rotatable bonds is 4. The third-order valence-corrected chi connectivity index (χ3v) is 6.82. The van der Waals surface area contributed by atoms with Crippen molar-refractivity contribution in [3.8, 4) is 22.7 Å². The second-order valence-corrected chi connectivity index (χ2v) is 8.74. The van der Waals surface area contributed by atoms with Crippen molar-refractivity contribution >= 4 is 26.8 Å². The Labute approximate surface area is 178 Å². The van der Waals surface area contributed by atoms with Crippen LogP contribution in [0.25, 0.3) is 27.3 Å². The van der Waals surface area contributed by atoms with Gasteiger partial charge in [0, 0.05) is 37.1 Å². The molecular formula is C21H23N7OS. The van der Waals surface area contributed by atoms with Crippen LogP contribution < -0.4 is 4.90 Å². The van der Waals surface area contributed by atoms with E-state index in [0.717, 1.165) is 41.5 Å². The highest BCUT2D eigenvalue weighted by Crippen LogP contribution is 2.34. The van der Waals surface area contributed by atoms with Crippen LogP contribution in [0.2, 0.25) is 0 Å². The predicted octanol–water partition coefficient (Wildman–Crippen LogP) is 3.18. The number of phenolic OH excluding ortho intramolecular Hbond substituents is 1. The van der Waals surface area contributed by atoms with E-state index in [4.69, 9.17) is 4.98 Å². The number of thiazole rings is 1. The second-order valence-electron chi connectivity index (χ2n) is 7.73. The minimum atomic E-state index is 0.156. The summed E-state index contributed by atoms with van der Waals surface area (Å²) >= 11 is 1.62. The van der Waals surface area contributed by atoms with E-state index >= 15 is 0 Å². The van der Waals surface area contributed by atoms with E-state index in [9.17, 15) is 5.11 Å². The molecule has 1 aromatic carbocycles. The number of nitrogens with zero attached hydrogens (tertiary/aromatic N) is 7. The number of hydrogen-bond donors (Lipinski definition) is 1. The lowest BCUT2D eigenvalue weighted by atomic mass is 10.0. The van der Waals surface area contributed by atoms with Gasteiger partial charge in [-0.2, -0.15) is 4.98 Å². The van der Waals surface area contributed by atoms with Gasteiger partial charge in [0.25, 0.3) is 0 Å². The molecule has 30 heavy (non-hydrogen) atoms. The fraction of sp³-hybridized carbons (Fsp3) is 0.333. The maximum atomic E-state index is 10.6. The summed E-state index contributed by atoms with van der Waals surface area (Å²) in [5.41, 5.74) is 2.76. The van der Waals surface area contributed by atoms with Crippen molar-refractivity contribution in [3.63, 3.8) is 0 Å². The van der Waals surface area contributed by atoms with Gasteiger partial charge in [-0.1, -0.05) is 11.3 Å². The summed E-state index contributed by atoms with van der Waals surface area (Å²) in [6.45, 7) is 2.22. The lowest BCUT2D eigenvalue weighted by molar-refractivity contribution is 0.253. The van der Waals surface area contributed by atoms with E-state index in [1.54, 1.807) is 29.9 Å². The zero-order valence-corrected chi connectivity index (χ0v) is 17.7. The summed E-state index contributed by atoms with van der Waals surface area (Å²) in [7, 11) is 4.28. The molecular weight excluding hydrogens is 398 g/mol. The summed E-state index contributed by atoms with van der Waals surface area (Å²) in [6.07, 6.45) is 7.50. The summed E-state index contributed by atoms with van der Waals surface area (Å²) in [4.78, 5) is 13.4. The van der Waals surface area contributed by atoms with Crippen molar-refractivity contribution in [1.29, 1.82) is 0 Å². The topological polar surface area (TPSA) is 83.2 Å². The Morgan fingerprint density at radius 1 is 1.17 bits per heavy atom. The van der Waals surface area contributed by atoms with Crippen LogP contribution in [-0.4, -0.2) is 68.0 Å². The molecule has 3 aromatic heterocycles. The highest BCUT2D eigenvalue weighted by Gasteiger charge is 2.23. The van der Waals surface area contributed by atoms with Gasteiger partial charge >= 0.3 is 0 Å². The smallest absolute Gasteiger partial charge is 0.194 e. The molecule has 0 radical (unpaired) electrons. The van der Waals surface area contributed by atoms with Crippen molar-refractivity contribution in [2.24, 2.45) is 0 Å². The number of anilines is 1. The molecule has 5 rings (SSSR count). The van der Waals surface area contributed by atoms with Crippen LogP contribution in [0.3, 0.4) is 0 Å². The van der Waals surface area contributed by atoms with Gasteiger partial charge in [-0.05, 0) is 51.2 Å². The standard InChI is InChI=1S/C21H23N7OS/c1-26-8-5-14(6-9-26)27(2)21-23-20-19(30-21)12-17(24-25-20)16-4-3-15(11-18(16)29)28-10-7-22-13-28/h3-4,7,10-14,29H,5-6,8-9H2,1-2H3. The molecule has 1 aliphatic heterocycles. The first kappa shape index (κ1) is 19.0. The quantitative estimate of drug-likeness (QED) is 0.542. The molecule has 8 nitrogen and oxygen atoms in total. The molecule has 9 heteroatoms. The van der Waals surface area contributed by atoms with Crippen molar-refractivity contribution in [3.05, 3.63) is 43.0 Å². The maximum absolute atomic E-state index is 10.6. The Balaban J connectivity index is 1.43. The molecule has 0 atom stereocenters. The molecule has 1 fully saturated rings. The van der Waals surface area contributed by atoms with Gasteiger partial charge in [0.15, 0.2) is 10.8 Å². The van der Waals surface area contributed by atoms with Gasteiger partial charge in [-0.3, -0.25) is 0 Å². The van der Waals surface area contributed by atoms with Crippen LogP contribution in [0.4, 0.5) is 5.13 Å². The van der Waals surface area contributed by atoms with Crippen LogP contribution in [-0.2, 0) is 0 Å². The van der Waals surface area contributed by atoms with Crippen molar-refractivity contribution in [2.45, 2.75) is 18.9 Å². The number of likely N-dealkylation sites (tertiary alicyclic amines) is 1. The average molecular weight is 422 g/mol. The Kier molecular flexibility index (Phi) is 4.84. The van der Waals surface area contributed by atoms with Crippen LogP contribution in [0.5, 0.6) is 5.75 Å². The summed E-state index contributed by atoms with van der Waals surface area (Å²) in [5, 5.41) is 20.2. The Hall–Kier alpha value is -3.04. The predicted molar refractivity (Wildman–Crippen MR) is 118 cm³/mol. The lowest BCUT2D eigenvalue weighted by Gasteiger charge is -2.34. The lowest BCUT2D eigenvalue weighted by Crippen LogP contribution is -2.41. The monoisotopic (exact) mass is 421 g/mol. The van der Waals surface area contributed by atoms with Crippen molar-refractivity contribution in [2.75, 3.05) is 32.1 Å². The minimum absolute atomic E-state index is 0.156. The third kappa shape index (κ3) is 3.50. The van der Waals surface area contributed by atoms with Crippen LogP contribution >= 0.6 is 11.3 Å². The van der Waals surface area contributed by atoms with E-state index in [1.165, 1.54) is 0 Å². The Morgan fingerprint density at radius 3 is 2.73 bits per heavy atom. The zero-order valence-electron chi connectivity index (χ0n) is 16.9. The summed E-state index contributed by atoms with van der Waals surface area (Å²) in [6, 6.07) is 7.93. The summed E-state index contributed by atoms with van der Waals surface area (Å²) < 4.78 is 2.81. The molecule has 154 valence electrons. The first-order chi connectivity index (χ1) is 14.6.